The Morgan fingerprint density at radius 1 is 1.70 bits per heavy atom. The second-order valence-electron chi connectivity index (χ2n) is 1.91. The normalized spacial score (nSPS) is 10.8. The van der Waals surface area contributed by atoms with Gasteiger partial charge in [0.1, 0.15) is 0 Å². The molecule has 1 rings (SSSR count). The van der Waals surface area contributed by atoms with Crippen LogP contribution < -0.4 is 5.56 Å². The van der Waals surface area contributed by atoms with Crippen LogP contribution in [0, 0.1) is 6.92 Å². The molecule has 0 aliphatic carbocycles. The van der Waals surface area contributed by atoms with Gasteiger partial charge in [-0.3, -0.25) is 9.89 Å². The molecule has 0 aliphatic rings. The molecule has 0 atom stereocenters. The lowest BCUT2D eigenvalue weighted by molar-refractivity contribution is 0.0531. The molecule has 0 spiro atoms. The maximum atomic E-state index is 11.8. The second kappa shape index (κ2) is 2.24. The van der Waals surface area contributed by atoms with E-state index in [1.807, 2.05) is 0 Å². The van der Waals surface area contributed by atoms with Crippen molar-refractivity contribution < 1.29 is 8.78 Å². The zero-order chi connectivity index (χ0) is 7.72. The molecule has 0 unspecified atom stereocenters. The number of rotatable bonds is 1. The van der Waals surface area contributed by atoms with Crippen LogP contribution in [0.2, 0.25) is 0 Å². The third kappa shape index (κ3) is 0.940. The molecule has 5 heteroatoms. The molecule has 0 saturated heterocycles. The number of nitrogens with zero attached hydrogens (tertiary/aromatic N) is 1. The van der Waals surface area contributed by atoms with E-state index in [0.29, 0.717) is 5.56 Å². The minimum Gasteiger partial charge on any atom is -0.298 e. The first-order valence-electron chi connectivity index (χ1n) is 2.67. The van der Waals surface area contributed by atoms with Gasteiger partial charge in [0.05, 0.1) is 0 Å². The van der Waals surface area contributed by atoms with Gasteiger partial charge in [0.2, 0.25) is 0 Å². The monoisotopic (exact) mass is 148 g/mol. The fourth-order valence-electron chi connectivity index (χ4n) is 0.622. The number of aromatic nitrogens is 2. The molecule has 0 radical (unpaired) electrons. The number of aryl methyl sites for hydroxylation is 1. The standard InChI is InChI=1S/C5H6F2N2O/c1-3-2-8-9(4(3)10)5(6)7/h2,5,8H,1H3. The Labute approximate surface area is 55.3 Å². The van der Waals surface area contributed by atoms with Gasteiger partial charge in [-0.1, -0.05) is 0 Å². The van der Waals surface area contributed by atoms with E-state index in [0.717, 1.165) is 0 Å². The zero-order valence-corrected chi connectivity index (χ0v) is 5.27. The summed E-state index contributed by atoms with van der Waals surface area (Å²) in [6, 6.07) is 0. The summed E-state index contributed by atoms with van der Waals surface area (Å²) in [5.41, 5.74) is -0.379. The number of hydrogen-bond donors (Lipinski definition) is 1. The third-order valence-electron chi connectivity index (χ3n) is 1.17. The van der Waals surface area contributed by atoms with Gasteiger partial charge < -0.3 is 0 Å². The fraction of sp³-hybridized carbons (Fsp3) is 0.400. The van der Waals surface area contributed by atoms with E-state index < -0.39 is 12.1 Å². The maximum absolute atomic E-state index is 11.8. The predicted octanol–water partition coefficient (Wildman–Crippen LogP) is 0.880. The van der Waals surface area contributed by atoms with Crippen LogP contribution in [0.1, 0.15) is 12.1 Å². The SMILES string of the molecule is Cc1c[nH]n(C(F)F)c1=O. The lowest BCUT2D eigenvalue weighted by Gasteiger charge is -1.95. The van der Waals surface area contributed by atoms with E-state index in [2.05, 4.69) is 5.10 Å². The number of aromatic amines is 1. The Balaban J connectivity index is 3.18. The predicted molar refractivity (Wildman–Crippen MR) is 31.0 cm³/mol. The highest BCUT2D eigenvalue weighted by atomic mass is 19.3. The number of nitrogens with one attached hydrogen (secondary N) is 1. The fourth-order valence-corrected chi connectivity index (χ4v) is 0.622. The van der Waals surface area contributed by atoms with Gasteiger partial charge in [-0.15, -0.1) is 0 Å². The van der Waals surface area contributed by atoms with Crippen molar-refractivity contribution in [3.8, 4) is 0 Å². The quantitative estimate of drug-likeness (QED) is 0.630. The smallest absolute Gasteiger partial charge is 0.298 e. The Bertz CT molecular complexity index is 275. The molecule has 0 bridgehead atoms. The molecule has 1 aromatic heterocycles. The van der Waals surface area contributed by atoms with Crippen LogP contribution in [0.3, 0.4) is 0 Å². The van der Waals surface area contributed by atoms with Crippen molar-refractivity contribution >= 4 is 0 Å². The zero-order valence-electron chi connectivity index (χ0n) is 5.27. The molecule has 1 aromatic rings. The number of H-pyrrole nitrogens is 1. The molecule has 0 aliphatic heterocycles. The van der Waals surface area contributed by atoms with E-state index in [9.17, 15) is 13.6 Å². The van der Waals surface area contributed by atoms with Crippen molar-refractivity contribution in [3.05, 3.63) is 22.1 Å². The van der Waals surface area contributed by atoms with Crippen LogP contribution in [0.15, 0.2) is 11.0 Å². The summed E-state index contributed by atoms with van der Waals surface area (Å²) in [6.07, 6.45) is 1.24. The van der Waals surface area contributed by atoms with Crippen molar-refractivity contribution in [2.75, 3.05) is 0 Å². The molecule has 1 heterocycles. The van der Waals surface area contributed by atoms with Crippen molar-refractivity contribution in [2.45, 2.75) is 13.5 Å². The largest absolute Gasteiger partial charge is 0.334 e. The van der Waals surface area contributed by atoms with Gasteiger partial charge in [0.15, 0.2) is 0 Å². The summed E-state index contributed by atoms with van der Waals surface area (Å²) in [6.45, 7) is -1.31. The van der Waals surface area contributed by atoms with Crippen molar-refractivity contribution in [2.24, 2.45) is 0 Å². The summed E-state index contributed by atoms with van der Waals surface area (Å²) in [4.78, 5) is 10.7. The van der Waals surface area contributed by atoms with Crippen molar-refractivity contribution in [1.29, 1.82) is 0 Å². The molecule has 0 fully saturated rings. The van der Waals surface area contributed by atoms with Gasteiger partial charge in [-0.25, -0.2) is 0 Å². The molecule has 0 saturated carbocycles. The Kier molecular flexibility index (Phi) is 1.57. The molecule has 0 aromatic carbocycles. The molecule has 3 nitrogen and oxygen atoms in total. The molecule has 10 heavy (non-hydrogen) atoms. The lowest BCUT2D eigenvalue weighted by Crippen LogP contribution is -2.18. The van der Waals surface area contributed by atoms with E-state index in [1.54, 1.807) is 0 Å². The van der Waals surface area contributed by atoms with Crippen molar-refractivity contribution in [1.82, 2.24) is 9.78 Å². The van der Waals surface area contributed by atoms with Gasteiger partial charge in [0, 0.05) is 11.8 Å². The Hall–Kier alpha value is -1.13. The van der Waals surface area contributed by atoms with Crippen molar-refractivity contribution in [3.63, 3.8) is 0 Å². The molecule has 1 N–H and O–H groups in total. The third-order valence-corrected chi connectivity index (χ3v) is 1.17. The van der Waals surface area contributed by atoms with E-state index in [4.69, 9.17) is 0 Å². The summed E-state index contributed by atoms with van der Waals surface area (Å²) >= 11 is 0. The summed E-state index contributed by atoms with van der Waals surface area (Å²) in [7, 11) is 0. The number of alkyl halides is 2. The maximum Gasteiger partial charge on any atom is 0.334 e. The number of halogens is 2. The number of hydrogen-bond acceptors (Lipinski definition) is 1. The second-order valence-corrected chi connectivity index (χ2v) is 1.91. The minimum atomic E-state index is -2.78. The highest BCUT2D eigenvalue weighted by Gasteiger charge is 2.09. The van der Waals surface area contributed by atoms with E-state index in [1.165, 1.54) is 13.1 Å². The molecular weight excluding hydrogens is 142 g/mol. The van der Waals surface area contributed by atoms with Gasteiger partial charge in [0.25, 0.3) is 5.56 Å². The van der Waals surface area contributed by atoms with Crippen LogP contribution in [-0.4, -0.2) is 9.78 Å². The van der Waals surface area contributed by atoms with Crippen LogP contribution in [0.4, 0.5) is 8.78 Å². The highest BCUT2D eigenvalue weighted by molar-refractivity contribution is 5.00. The summed E-state index contributed by atoms with van der Waals surface area (Å²) in [5, 5.41) is 2.13. The first-order valence-corrected chi connectivity index (χ1v) is 2.67. The average Bonchev–Trinajstić information content (AvgIpc) is 2.14. The Morgan fingerprint density at radius 2 is 2.30 bits per heavy atom. The van der Waals surface area contributed by atoms with Crippen LogP contribution in [0.5, 0.6) is 0 Å². The van der Waals surface area contributed by atoms with Gasteiger partial charge >= 0.3 is 6.55 Å². The first kappa shape index (κ1) is 6.98. The average molecular weight is 148 g/mol. The van der Waals surface area contributed by atoms with E-state index >= 15 is 0 Å². The highest BCUT2D eigenvalue weighted by Crippen LogP contribution is 2.03. The molecule has 56 valence electrons. The van der Waals surface area contributed by atoms with Gasteiger partial charge in [-0.05, 0) is 6.92 Å². The van der Waals surface area contributed by atoms with E-state index in [-0.39, 0.29) is 4.68 Å². The molecule has 0 amide bonds. The van der Waals surface area contributed by atoms with Gasteiger partial charge in [-0.2, -0.15) is 13.5 Å². The minimum absolute atomic E-state index is 0.273. The first-order chi connectivity index (χ1) is 4.63. The van der Waals surface area contributed by atoms with Crippen LogP contribution in [0.25, 0.3) is 0 Å². The lowest BCUT2D eigenvalue weighted by atomic mass is 10.4. The topological polar surface area (TPSA) is 37.8 Å². The summed E-state index contributed by atoms with van der Waals surface area (Å²) in [5.74, 6) is 0. The van der Waals surface area contributed by atoms with Crippen LogP contribution >= 0.6 is 0 Å². The Morgan fingerprint density at radius 3 is 2.50 bits per heavy atom. The summed E-state index contributed by atoms with van der Waals surface area (Å²) < 4.78 is 23.8. The molecular formula is C5H6F2N2O. The van der Waals surface area contributed by atoms with Crippen LogP contribution in [-0.2, 0) is 0 Å².